The Morgan fingerprint density at radius 2 is 2.57 bits per heavy atom. The molecule has 1 unspecified atom stereocenters. The van der Waals surface area contributed by atoms with E-state index in [1.54, 1.807) is 0 Å². The molecule has 0 bridgehead atoms. The minimum absolute atomic E-state index is 0.0161. The number of aliphatic hydroxyl groups is 1. The summed E-state index contributed by atoms with van der Waals surface area (Å²) in [6.45, 7) is 2.01. The lowest BCUT2D eigenvalue weighted by Crippen LogP contribution is -2.35. The normalized spacial score (nSPS) is 12.4. The Labute approximate surface area is 81.7 Å². The Balaban J connectivity index is 2.47. The molecule has 1 rings (SSSR count). The lowest BCUT2D eigenvalue weighted by Gasteiger charge is -2.14. The lowest BCUT2D eigenvalue weighted by atomic mass is 10.1. The second-order valence-corrected chi connectivity index (χ2v) is 2.92. The highest BCUT2D eigenvalue weighted by Crippen LogP contribution is 1.97. The van der Waals surface area contributed by atoms with Gasteiger partial charge in [-0.3, -0.25) is 9.89 Å². The predicted molar refractivity (Wildman–Crippen MR) is 49.6 cm³/mol. The van der Waals surface area contributed by atoms with Gasteiger partial charge in [0.25, 0.3) is 5.91 Å². The number of nitrogens with one attached hydrogen (secondary N) is 2. The maximum absolute atomic E-state index is 11.4. The van der Waals surface area contributed by atoms with Gasteiger partial charge >= 0.3 is 0 Å². The summed E-state index contributed by atoms with van der Waals surface area (Å²) in [5, 5.41) is 17.5. The van der Waals surface area contributed by atoms with Crippen LogP contribution in [0.15, 0.2) is 6.33 Å². The van der Waals surface area contributed by atoms with Crippen molar-refractivity contribution in [2.24, 2.45) is 0 Å². The summed E-state index contributed by atoms with van der Waals surface area (Å²) in [5.74, 6) is -0.0933. The summed E-state index contributed by atoms with van der Waals surface area (Å²) in [6.07, 6.45) is 2.61. The first-order valence-corrected chi connectivity index (χ1v) is 4.55. The number of aromatic nitrogens is 3. The third-order valence-corrected chi connectivity index (χ3v) is 1.94. The standard InChI is InChI=1S/C8H14N4O2/c1-2-6(3-4-13)11-8(14)7-9-5-10-12-7/h5-6,13H,2-4H2,1H3,(H,11,14)(H,9,10,12). The molecule has 0 saturated heterocycles. The van der Waals surface area contributed by atoms with Crippen LogP contribution < -0.4 is 5.32 Å². The van der Waals surface area contributed by atoms with Crippen LogP contribution in [-0.2, 0) is 0 Å². The van der Waals surface area contributed by atoms with Crippen LogP contribution in [0.4, 0.5) is 0 Å². The van der Waals surface area contributed by atoms with Crippen LogP contribution in [0.25, 0.3) is 0 Å². The smallest absolute Gasteiger partial charge is 0.288 e. The van der Waals surface area contributed by atoms with E-state index in [2.05, 4.69) is 20.5 Å². The van der Waals surface area contributed by atoms with Gasteiger partial charge in [0, 0.05) is 12.6 Å². The summed E-state index contributed by atoms with van der Waals surface area (Å²) in [5.41, 5.74) is 0. The molecule has 1 amide bonds. The first-order valence-electron chi connectivity index (χ1n) is 4.55. The van der Waals surface area contributed by atoms with Crippen molar-refractivity contribution < 1.29 is 9.90 Å². The van der Waals surface area contributed by atoms with Gasteiger partial charge in [-0.15, -0.1) is 0 Å². The van der Waals surface area contributed by atoms with Crippen LogP contribution in [0.5, 0.6) is 0 Å². The van der Waals surface area contributed by atoms with Crippen molar-refractivity contribution in [3.05, 3.63) is 12.2 Å². The Kier molecular flexibility index (Phi) is 4.06. The SMILES string of the molecule is CCC(CCO)NC(=O)c1ncn[nH]1. The van der Waals surface area contributed by atoms with Crippen molar-refractivity contribution in [1.82, 2.24) is 20.5 Å². The number of carbonyl (C=O) groups excluding carboxylic acids is 1. The molecule has 1 atom stereocenters. The predicted octanol–water partition coefficient (Wildman–Crippen LogP) is -0.305. The highest BCUT2D eigenvalue weighted by atomic mass is 16.3. The molecule has 0 aromatic carbocycles. The minimum Gasteiger partial charge on any atom is -0.396 e. The van der Waals surface area contributed by atoms with Crippen LogP contribution >= 0.6 is 0 Å². The number of aromatic amines is 1. The molecule has 0 fully saturated rings. The number of rotatable bonds is 5. The summed E-state index contributed by atoms with van der Waals surface area (Å²) in [6, 6.07) is -0.0161. The molecule has 0 aliphatic rings. The molecule has 6 nitrogen and oxygen atoms in total. The van der Waals surface area contributed by atoms with Crippen molar-refractivity contribution in [3.8, 4) is 0 Å². The lowest BCUT2D eigenvalue weighted by molar-refractivity contribution is 0.0919. The van der Waals surface area contributed by atoms with Gasteiger partial charge in [0.1, 0.15) is 6.33 Å². The second kappa shape index (κ2) is 5.33. The first-order chi connectivity index (χ1) is 6.77. The zero-order valence-corrected chi connectivity index (χ0v) is 8.03. The molecular formula is C8H14N4O2. The number of aliphatic hydroxyl groups excluding tert-OH is 1. The summed E-state index contributed by atoms with van der Waals surface area (Å²) in [7, 11) is 0. The van der Waals surface area contributed by atoms with Crippen molar-refractivity contribution in [1.29, 1.82) is 0 Å². The van der Waals surface area contributed by atoms with E-state index in [-0.39, 0.29) is 24.4 Å². The number of hydrogen-bond donors (Lipinski definition) is 3. The van der Waals surface area contributed by atoms with Gasteiger partial charge in [0.05, 0.1) is 0 Å². The second-order valence-electron chi connectivity index (χ2n) is 2.92. The van der Waals surface area contributed by atoms with E-state index in [0.29, 0.717) is 6.42 Å². The van der Waals surface area contributed by atoms with Crippen LogP contribution in [-0.4, -0.2) is 38.8 Å². The summed E-state index contributed by atoms with van der Waals surface area (Å²) < 4.78 is 0. The topological polar surface area (TPSA) is 90.9 Å². The fourth-order valence-corrected chi connectivity index (χ4v) is 1.10. The van der Waals surface area contributed by atoms with Crippen molar-refractivity contribution in [2.75, 3.05) is 6.61 Å². The molecular weight excluding hydrogens is 184 g/mol. The molecule has 1 heterocycles. The van der Waals surface area contributed by atoms with Crippen molar-refractivity contribution in [3.63, 3.8) is 0 Å². The van der Waals surface area contributed by atoms with Crippen LogP contribution in [0.1, 0.15) is 30.4 Å². The molecule has 78 valence electrons. The molecule has 0 radical (unpaired) electrons. The third-order valence-electron chi connectivity index (χ3n) is 1.94. The Hall–Kier alpha value is -1.43. The van der Waals surface area contributed by atoms with Crippen molar-refractivity contribution in [2.45, 2.75) is 25.8 Å². The van der Waals surface area contributed by atoms with E-state index >= 15 is 0 Å². The van der Waals surface area contributed by atoms with Gasteiger partial charge in [-0.2, -0.15) is 5.10 Å². The van der Waals surface area contributed by atoms with Gasteiger partial charge in [-0.05, 0) is 12.8 Å². The molecule has 0 aliphatic heterocycles. The molecule has 6 heteroatoms. The molecule has 0 spiro atoms. The quantitative estimate of drug-likeness (QED) is 0.605. The highest BCUT2D eigenvalue weighted by Gasteiger charge is 2.13. The van der Waals surface area contributed by atoms with Gasteiger partial charge in [-0.25, -0.2) is 4.98 Å². The summed E-state index contributed by atoms with van der Waals surface area (Å²) in [4.78, 5) is 15.1. The largest absolute Gasteiger partial charge is 0.396 e. The summed E-state index contributed by atoms with van der Waals surface area (Å²) >= 11 is 0. The van der Waals surface area contributed by atoms with Crippen LogP contribution in [0.2, 0.25) is 0 Å². The third kappa shape index (κ3) is 2.81. The molecule has 14 heavy (non-hydrogen) atoms. The number of amides is 1. The number of carbonyl (C=O) groups is 1. The van der Waals surface area contributed by atoms with E-state index in [1.807, 2.05) is 6.92 Å². The monoisotopic (exact) mass is 198 g/mol. The molecule has 0 aliphatic carbocycles. The maximum atomic E-state index is 11.4. The molecule has 3 N–H and O–H groups in total. The fourth-order valence-electron chi connectivity index (χ4n) is 1.10. The van der Waals surface area contributed by atoms with Crippen LogP contribution in [0, 0.1) is 0 Å². The zero-order valence-electron chi connectivity index (χ0n) is 8.03. The minimum atomic E-state index is -0.289. The van der Waals surface area contributed by atoms with Gasteiger partial charge in [-0.1, -0.05) is 6.92 Å². The van der Waals surface area contributed by atoms with Crippen molar-refractivity contribution >= 4 is 5.91 Å². The average molecular weight is 198 g/mol. The average Bonchev–Trinajstić information content (AvgIpc) is 2.69. The van der Waals surface area contributed by atoms with E-state index in [9.17, 15) is 4.79 Å². The highest BCUT2D eigenvalue weighted by molar-refractivity contribution is 5.90. The van der Waals surface area contributed by atoms with E-state index in [1.165, 1.54) is 6.33 Å². The molecule has 1 aromatic heterocycles. The molecule has 1 aromatic rings. The number of nitrogens with zero attached hydrogens (tertiary/aromatic N) is 2. The van der Waals surface area contributed by atoms with Gasteiger partial charge in [0.15, 0.2) is 0 Å². The van der Waals surface area contributed by atoms with E-state index < -0.39 is 0 Å². The van der Waals surface area contributed by atoms with E-state index in [0.717, 1.165) is 6.42 Å². The zero-order chi connectivity index (χ0) is 10.4. The maximum Gasteiger partial charge on any atom is 0.288 e. The van der Waals surface area contributed by atoms with Crippen LogP contribution in [0.3, 0.4) is 0 Å². The number of hydrogen-bond acceptors (Lipinski definition) is 4. The first kappa shape index (κ1) is 10.6. The Morgan fingerprint density at radius 1 is 1.79 bits per heavy atom. The fraction of sp³-hybridized carbons (Fsp3) is 0.625. The number of H-pyrrole nitrogens is 1. The van der Waals surface area contributed by atoms with Gasteiger partial charge in [0.2, 0.25) is 5.82 Å². The molecule has 0 saturated carbocycles. The van der Waals surface area contributed by atoms with Gasteiger partial charge < -0.3 is 10.4 Å². The van der Waals surface area contributed by atoms with E-state index in [4.69, 9.17) is 5.11 Å². The Morgan fingerprint density at radius 3 is 3.07 bits per heavy atom. The Bertz CT molecular complexity index is 273.